The summed E-state index contributed by atoms with van der Waals surface area (Å²) >= 11 is 0. The first-order chi connectivity index (χ1) is 22.2. The van der Waals surface area contributed by atoms with Crippen molar-refractivity contribution in [2.45, 2.75) is 161 Å². The molecule has 0 aliphatic heterocycles. The van der Waals surface area contributed by atoms with Crippen LogP contribution in [0.2, 0.25) is 25.7 Å². The Balaban J connectivity index is 0.000000324. The zero-order chi connectivity index (χ0) is 32.5. The Morgan fingerprint density at radius 2 is 0.837 bits per heavy atom. The summed E-state index contributed by atoms with van der Waals surface area (Å²) < 4.78 is 0. The Labute approximate surface area is 303 Å². The number of hydrogen-bond acceptors (Lipinski definition) is 0. The van der Waals surface area contributed by atoms with E-state index in [9.17, 15) is 0 Å². The van der Waals surface area contributed by atoms with E-state index in [0.29, 0.717) is 0 Å². The molecule has 4 aliphatic carbocycles. The van der Waals surface area contributed by atoms with Crippen LogP contribution < -0.4 is 0 Å². The molecule has 0 heterocycles. The van der Waals surface area contributed by atoms with Gasteiger partial charge in [-0.05, 0) is 162 Å². The van der Waals surface area contributed by atoms with E-state index in [1.807, 2.05) is 0 Å². The molecule has 0 bridgehead atoms. The van der Waals surface area contributed by atoms with E-state index < -0.39 is 8.07 Å². The Kier molecular flexibility index (Phi) is 18.6. The van der Waals surface area contributed by atoms with Gasteiger partial charge < -0.3 is 16.4 Å². The van der Waals surface area contributed by atoms with Crippen LogP contribution in [-0.4, -0.2) is 24.5 Å². The van der Waals surface area contributed by atoms with Crippen molar-refractivity contribution < 1.29 is 16.4 Å². The minimum atomic E-state index is -0.834. The van der Waals surface area contributed by atoms with E-state index in [2.05, 4.69) is 94.7 Å². The summed E-state index contributed by atoms with van der Waals surface area (Å²) in [4.78, 5) is 0. The van der Waals surface area contributed by atoms with E-state index in [1.54, 1.807) is 17.2 Å². The molecule has 0 radical (unpaired) electrons. The van der Waals surface area contributed by atoms with Crippen molar-refractivity contribution in [2.24, 2.45) is 35.5 Å². The number of benzene rings is 2. The van der Waals surface area contributed by atoms with Crippen molar-refractivity contribution in [3.05, 3.63) is 83.4 Å². The maximum absolute atomic E-state index is 3.97. The number of rotatable bonds is 8. The highest BCUT2D eigenvalue weighted by Crippen LogP contribution is 2.46. The molecule has 2 aromatic rings. The molecule has 0 aromatic heterocycles. The van der Waals surface area contributed by atoms with Gasteiger partial charge in [0.1, 0.15) is 0 Å². The highest BCUT2D eigenvalue weighted by atomic mass is 28.3. The van der Waals surface area contributed by atoms with Gasteiger partial charge in [0.2, 0.25) is 0 Å². The second kappa shape index (κ2) is 21.0. The molecule has 0 unspecified atom stereocenters. The third-order valence-electron chi connectivity index (χ3n) is 13.3. The van der Waals surface area contributed by atoms with Crippen molar-refractivity contribution in [1.82, 2.24) is 0 Å². The highest BCUT2D eigenvalue weighted by Gasteiger charge is 2.32. The van der Waals surface area contributed by atoms with Crippen LogP contribution >= 0.6 is 0 Å². The lowest BCUT2D eigenvalue weighted by molar-refractivity contribution is 0.158. The molecule has 6 N–H and O–H groups in total. The van der Waals surface area contributed by atoms with Crippen LogP contribution in [0.15, 0.2) is 61.2 Å². The van der Waals surface area contributed by atoms with Crippen LogP contribution in [0.25, 0.3) is 0 Å². The molecule has 0 atom stereocenters. The zero-order valence-corrected chi connectivity index (χ0v) is 33.2. The minimum absolute atomic E-state index is 0. The third kappa shape index (κ3) is 13.4. The fourth-order valence-corrected chi connectivity index (χ4v) is 11.2. The largest absolute Gasteiger partial charge is 0.412 e. The quantitative estimate of drug-likeness (QED) is 0.194. The van der Waals surface area contributed by atoms with Gasteiger partial charge in [-0.3, -0.25) is 0 Å². The summed E-state index contributed by atoms with van der Waals surface area (Å²) in [6.45, 7) is 15.9. The summed E-state index contributed by atoms with van der Waals surface area (Å²) in [5.41, 5.74) is 5.95. The maximum Gasteiger partial charge on any atom is 0.0442 e. The molecule has 49 heavy (non-hydrogen) atoms. The molecule has 2 aromatic carbocycles. The predicted octanol–water partition coefficient (Wildman–Crippen LogP) is 11.6. The average Bonchev–Trinajstić information content (AvgIpc) is 3.08. The molecule has 4 heteroatoms. The Morgan fingerprint density at radius 3 is 1.16 bits per heavy atom. The standard InChI is InChI=1S/C24H40Si.C21H30.3H2O/c1-19-5-9-21(10-6-19)23-13-15-24(16-14-23)22-11-7-20(8-12-22)17-18-25(2,3)4;1-3-17-6-10-19(11-7-17)21-14-12-20(13-15-21)18-8-4-16(2)5-9-18;;;/h5-6,9-10,20,22-24H,7-8,11-18H2,1-4H3;3-5,8-9,17,19-21H,1,6-7,10-15H2,2H3;3*1H2. The monoisotopic (exact) mass is 693 g/mol. The summed E-state index contributed by atoms with van der Waals surface area (Å²) in [7, 11) is -0.834. The van der Waals surface area contributed by atoms with Gasteiger partial charge >= 0.3 is 0 Å². The average molecular weight is 693 g/mol. The van der Waals surface area contributed by atoms with Crippen molar-refractivity contribution in [1.29, 1.82) is 0 Å². The van der Waals surface area contributed by atoms with Crippen LogP contribution in [0.1, 0.15) is 143 Å². The summed E-state index contributed by atoms with van der Waals surface area (Å²) in [6.07, 6.45) is 27.1. The van der Waals surface area contributed by atoms with Gasteiger partial charge in [0.05, 0.1) is 0 Å². The van der Waals surface area contributed by atoms with Gasteiger partial charge in [0.25, 0.3) is 0 Å². The second-order valence-corrected chi connectivity index (χ2v) is 23.5. The zero-order valence-electron chi connectivity index (χ0n) is 32.2. The number of aryl methyl sites for hydroxylation is 2. The molecule has 0 saturated heterocycles. The molecular formula is C45H76O3Si. The van der Waals surface area contributed by atoms with Crippen molar-refractivity contribution in [2.75, 3.05) is 0 Å². The van der Waals surface area contributed by atoms with Crippen LogP contribution in [0.4, 0.5) is 0 Å². The fraction of sp³-hybridized carbons (Fsp3) is 0.689. The molecule has 4 fully saturated rings. The van der Waals surface area contributed by atoms with Crippen LogP contribution in [0, 0.1) is 49.4 Å². The lowest BCUT2D eigenvalue weighted by Gasteiger charge is -2.38. The van der Waals surface area contributed by atoms with E-state index in [0.717, 1.165) is 47.3 Å². The van der Waals surface area contributed by atoms with Crippen molar-refractivity contribution in [3.63, 3.8) is 0 Å². The van der Waals surface area contributed by atoms with Crippen molar-refractivity contribution >= 4 is 8.07 Å². The highest BCUT2D eigenvalue weighted by molar-refractivity contribution is 6.76. The summed E-state index contributed by atoms with van der Waals surface area (Å²) in [5.74, 6) is 7.66. The first-order valence-electron chi connectivity index (χ1n) is 19.9. The molecular weight excluding hydrogens is 617 g/mol. The van der Waals surface area contributed by atoms with Crippen LogP contribution in [0.3, 0.4) is 0 Å². The Morgan fingerprint density at radius 1 is 0.510 bits per heavy atom. The van der Waals surface area contributed by atoms with Gasteiger partial charge in [0, 0.05) is 8.07 Å². The maximum atomic E-state index is 3.97. The normalized spacial score (nSPS) is 30.2. The van der Waals surface area contributed by atoms with Gasteiger partial charge in [-0.25, -0.2) is 0 Å². The molecule has 0 amide bonds. The number of allylic oxidation sites excluding steroid dienone is 1. The van der Waals surface area contributed by atoms with Crippen LogP contribution in [0.5, 0.6) is 0 Å². The van der Waals surface area contributed by atoms with E-state index >= 15 is 0 Å². The number of hydrogen-bond donors (Lipinski definition) is 0. The summed E-state index contributed by atoms with van der Waals surface area (Å²) in [6, 6.07) is 20.2. The van der Waals surface area contributed by atoms with Gasteiger partial charge in [-0.15, -0.1) is 6.58 Å². The second-order valence-electron chi connectivity index (χ2n) is 17.8. The Bertz CT molecular complexity index is 1150. The predicted molar refractivity (Wildman–Crippen MR) is 216 cm³/mol. The van der Waals surface area contributed by atoms with Gasteiger partial charge in [0.15, 0.2) is 0 Å². The molecule has 4 saturated carbocycles. The molecule has 3 nitrogen and oxygen atoms in total. The molecule has 278 valence electrons. The topological polar surface area (TPSA) is 94.5 Å². The summed E-state index contributed by atoms with van der Waals surface area (Å²) in [5, 5.41) is 0. The third-order valence-corrected chi connectivity index (χ3v) is 15.1. The lowest BCUT2D eigenvalue weighted by atomic mass is 9.68. The minimum Gasteiger partial charge on any atom is -0.412 e. The first-order valence-corrected chi connectivity index (χ1v) is 23.6. The first kappa shape index (κ1) is 43.4. The van der Waals surface area contributed by atoms with Gasteiger partial charge in [-0.1, -0.05) is 111 Å². The SMILES string of the molecule is C=CC1CCC(C2CCC(c3ccc(C)cc3)CC2)CC1.Cc1ccc(C2CCC(C3CCC(CC[Si](C)(C)C)CC3)CC2)cc1.O.O.O. The smallest absolute Gasteiger partial charge is 0.0442 e. The van der Waals surface area contributed by atoms with E-state index in [-0.39, 0.29) is 16.4 Å². The molecule has 6 rings (SSSR count). The molecule has 0 spiro atoms. The van der Waals surface area contributed by atoms with Crippen molar-refractivity contribution in [3.8, 4) is 0 Å². The fourth-order valence-electron chi connectivity index (χ4n) is 9.96. The van der Waals surface area contributed by atoms with E-state index in [1.165, 1.54) is 120 Å². The van der Waals surface area contributed by atoms with E-state index in [4.69, 9.17) is 0 Å². The van der Waals surface area contributed by atoms with Gasteiger partial charge in [-0.2, -0.15) is 0 Å². The lowest BCUT2D eigenvalue weighted by Crippen LogP contribution is -2.26. The molecule has 4 aliphatic rings. The Hall–Kier alpha value is -1.72. The van der Waals surface area contributed by atoms with Crippen LogP contribution in [-0.2, 0) is 0 Å².